The van der Waals surface area contributed by atoms with Crippen LogP contribution < -0.4 is 4.74 Å². The molecule has 0 aromatic heterocycles. The van der Waals surface area contributed by atoms with E-state index in [-0.39, 0.29) is 22.8 Å². The third-order valence-corrected chi connectivity index (χ3v) is 5.45. The van der Waals surface area contributed by atoms with E-state index in [1.54, 1.807) is 0 Å². The zero-order valence-corrected chi connectivity index (χ0v) is 16.5. The van der Waals surface area contributed by atoms with Crippen molar-refractivity contribution in [2.75, 3.05) is 6.61 Å². The lowest BCUT2D eigenvalue weighted by atomic mass is 9.92. The van der Waals surface area contributed by atoms with Gasteiger partial charge in [0.25, 0.3) is 0 Å². The number of Topliss-reactive ketones (excluding diaryl/α,β-unsaturated/α-hetero) is 1. The van der Waals surface area contributed by atoms with Crippen LogP contribution in [0, 0.1) is 0 Å². The van der Waals surface area contributed by atoms with Crippen LogP contribution >= 0.6 is 0 Å². The molecule has 2 heterocycles. The molecular formula is C21H22O11. The standard InChI is InChI=1S/C21H22O11/c22-7-13-15(26)17(28)18(29)21(31-13)32-20-16(27)14-11(25)5-10(24)6-12(14)30-19(20)8-1-3-9(23)4-2-8/h1-6,13,15,17-26,28-29H,7H2/t13-,15+,17+,18-,19-,20-,21+/m1/s1. The van der Waals surface area contributed by atoms with Crippen molar-refractivity contribution in [1.29, 1.82) is 0 Å². The van der Waals surface area contributed by atoms with E-state index < -0.39 is 61.1 Å². The topological polar surface area (TPSA) is 186 Å². The third kappa shape index (κ3) is 3.86. The summed E-state index contributed by atoms with van der Waals surface area (Å²) < 4.78 is 16.9. The van der Waals surface area contributed by atoms with E-state index in [2.05, 4.69) is 0 Å². The number of hydrogen-bond acceptors (Lipinski definition) is 11. The van der Waals surface area contributed by atoms with Crippen LogP contribution in [-0.4, -0.2) is 84.9 Å². The molecule has 4 rings (SSSR count). The Bertz CT molecular complexity index is 990. The van der Waals surface area contributed by atoms with Gasteiger partial charge in [-0.2, -0.15) is 0 Å². The molecule has 0 aliphatic carbocycles. The van der Waals surface area contributed by atoms with Crippen molar-refractivity contribution in [2.45, 2.75) is 42.9 Å². The summed E-state index contributed by atoms with van der Waals surface area (Å²) in [6.45, 7) is -0.690. The highest BCUT2D eigenvalue weighted by Gasteiger charge is 2.49. The summed E-state index contributed by atoms with van der Waals surface area (Å²) in [6.07, 6.45) is -10.7. The lowest BCUT2D eigenvalue weighted by Crippen LogP contribution is -2.60. The van der Waals surface area contributed by atoms with Crippen molar-refractivity contribution in [2.24, 2.45) is 0 Å². The van der Waals surface area contributed by atoms with Crippen molar-refractivity contribution in [1.82, 2.24) is 0 Å². The summed E-state index contributed by atoms with van der Waals surface area (Å²) in [7, 11) is 0. The van der Waals surface area contributed by atoms with Crippen LogP contribution in [0.4, 0.5) is 0 Å². The van der Waals surface area contributed by atoms with Crippen molar-refractivity contribution >= 4 is 5.78 Å². The summed E-state index contributed by atoms with van der Waals surface area (Å²) in [5.41, 5.74) is 0.103. The lowest BCUT2D eigenvalue weighted by molar-refractivity contribution is -0.311. The summed E-state index contributed by atoms with van der Waals surface area (Å²) in [5.74, 6) is -1.82. The van der Waals surface area contributed by atoms with Crippen LogP contribution in [0.15, 0.2) is 36.4 Å². The second kappa shape index (κ2) is 8.54. The van der Waals surface area contributed by atoms with Crippen LogP contribution in [0.25, 0.3) is 0 Å². The molecule has 0 spiro atoms. The average Bonchev–Trinajstić information content (AvgIpc) is 2.75. The summed E-state index contributed by atoms with van der Waals surface area (Å²) in [6, 6.07) is 7.72. The van der Waals surface area contributed by atoms with E-state index in [9.17, 15) is 40.5 Å². The first-order chi connectivity index (χ1) is 15.2. The molecule has 0 radical (unpaired) electrons. The number of ketones is 1. The Morgan fingerprint density at radius 1 is 0.906 bits per heavy atom. The van der Waals surface area contributed by atoms with E-state index in [4.69, 9.17) is 14.2 Å². The Kier molecular flexibility index (Phi) is 5.95. The number of phenols is 3. The van der Waals surface area contributed by atoms with E-state index in [1.165, 1.54) is 24.3 Å². The molecule has 2 aliphatic heterocycles. The van der Waals surface area contributed by atoms with Crippen LogP contribution in [0.2, 0.25) is 0 Å². The largest absolute Gasteiger partial charge is 0.508 e. The third-order valence-electron chi connectivity index (χ3n) is 5.45. The fourth-order valence-electron chi connectivity index (χ4n) is 3.77. The highest BCUT2D eigenvalue weighted by Crippen LogP contribution is 2.43. The van der Waals surface area contributed by atoms with Gasteiger partial charge in [0.15, 0.2) is 18.5 Å². The molecule has 11 heteroatoms. The molecule has 1 fully saturated rings. The molecule has 1 saturated heterocycles. The minimum Gasteiger partial charge on any atom is -0.508 e. The van der Waals surface area contributed by atoms with Gasteiger partial charge in [0.1, 0.15) is 53.0 Å². The number of aliphatic hydroxyl groups excluding tert-OH is 4. The van der Waals surface area contributed by atoms with Gasteiger partial charge in [0.05, 0.1) is 6.61 Å². The quantitative estimate of drug-likeness (QED) is 0.312. The molecule has 0 bridgehead atoms. The van der Waals surface area contributed by atoms with Crippen LogP contribution in [0.5, 0.6) is 23.0 Å². The van der Waals surface area contributed by atoms with Crippen molar-refractivity contribution in [3.8, 4) is 23.0 Å². The number of ether oxygens (including phenoxy) is 3. The number of carbonyl (C=O) groups excluding carboxylic acids is 1. The fraction of sp³-hybridized carbons (Fsp3) is 0.381. The number of aliphatic hydroxyl groups is 4. The monoisotopic (exact) mass is 450 g/mol. The summed E-state index contributed by atoms with van der Waals surface area (Å²) in [5, 5.41) is 69.2. The minimum absolute atomic E-state index is 0.0435. The predicted molar refractivity (Wildman–Crippen MR) is 104 cm³/mol. The maximum absolute atomic E-state index is 13.3. The predicted octanol–water partition coefficient (Wildman–Crippen LogP) is -0.695. The van der Waals surface area contributed by atoms with E-state index in [0.29, 0.717) is 5.56 Å². The van der Waals surface area contributed by atoms with Crippen molar-refractivity contribution in [3.05, 3.63) is 47.5 Å². The van der Waals surface area contributed by atoms with Gasteiger partial charge in [0.2, 0.25) is 5.78 Å². The molecule has 0 saturated carbocycles. The molecule has 32 heavy (non-hydrogen) atoms. The Labute approximate surface area is 181 Å². The summed E-state index contributed by atoms with van der Waals surface area (Å²) >= 11 is 0. The maximum Gasteiger partial charge on any atom is 0.203 e. The van der Waals surface area contributed by atoms with Gasteiger partial charge in [-0.3, -0.25) is 4.79 Å². The number of benzene rings is 2. The highest BCUT2D eigenvalue weighted by atomic mass is 16.7. The Morgan fingerprint density at radius 2 is 1.59 bits per heavy atom. The molecule has 7 N–H and O–H groups in total. The molecule has 2 aromatic rings. The van der Waals surface area contributed by atoms with Crippen LogP contribution in [-0.2, 0) is 9.47 Å². The van der Waals surface area contributed by atoms with Crippen molar-refractivity contribution in [3.63, 3.8) is 0 Å². The molecule has 0 unspecified atom stereocenters. The molecule has 7 atom stereocenters. The van der Waals surface area contributed by atoms with Crippen LogP contribution in [0.3, 0.4) is 0 Å². The molecule has 2 aliphatic rings. The fourth-order valence-corrected chi connectivity index (χ4v) is 3.77. The number of phenolic OH excluding ortho intramolecular Hbond substituents is 3. The molecule has 0 amide bonds. The number of carbonyl (C=O) groups is 1. The van der Waals surface area contributed by atoms with Gasteiger partial charge >= 0.3 is 0 Å². The lowest BCUT2D eigenvalue weighted by Gasteiger charge is -2.42. The van der Waals surface area contributed by atoms with Gasteiger partial charge < -0.3 is 50.0 Å². The second-order valence-electron chi connectivity index (χ2n) is 7.59. The molecular weight excluding hydrogens is 428 g/mol. The molecule has 172 valence electrons. The summed E-state index contributed by atoms with van der Waals surface area (Å²) in [4.78, 5) is 13.3. The average molecular weight is 450 g/mol. The first-order valence-corrected chi connectivity index (χ1v) is 9.73. The maximum atomic E-state index is 13.3. The van der Waals surface area contributed by atoms with E-state index in [1.807, 2.05) is 0 Å². The Balaban J connectivity index is 1.72. The first kappa shape index (κ1) is 22.3. The Hall–Kier alpha value is -2.93. The number of aromatic hydroxyl groups is 3. The van der Waals surface area contributed by atoms with E-state index >= 15 is 0 Å². The highest BCUT2D eigenvalue weighted by molar-refractivity contribution is 6.05. The normalized spacial score (nSPS) is 32.2. The zero-order chi connectivity index (χ0) is 23.2. The van der Waals surface area contributed by atoms with Gasteiger partial charge in [-0.1, -0.05) is 12.1 Å². The minimum atomic E-state index is -1.77. The van der Waals surface area contributed by atoms with Crippen LogP contribution in [0.1, 0.15) is 22.0 Å². The number of hydrogen-bond donors (Lipinski definition) is 7. The van der Waals surface area contributed by atoms with Gasteiger partial charge in [-0.15, -0.1) is 0 Å². The van der Waals surface area contributed by atoms with Crippen molar-refractivity contribution < 1.29 is 54.8 Å². The first-order valence-electron chi connectivity index (χ1n) is 9.73. The Morgan fingerprint density at radius 3 is 2.25 bits per heavy atom. The zero-order valence-electron chi connectivity index (χ0n) is 16.5. The van der Waals surface area contributed by atoms with E-state index in [0.717, 1.165) is 12.1 Å². The molecule has 11 nitrogen and oxygen atoms in total. The molecule has 2 aromatic carbocycles. The number of rotatable bonds is 4. The van der Waals surface area contributed by atoms with Gasteiger partial charge in [-0.05, 0) is 17.7 Å². The number of fused-ring (bicyclic) bond motifs is 1. The smallest absolute Gasteiger partial charge is 0.203 e. The van der Waals surface area contributed by atoms with Gasteiger partial charge in [-0.25, -0.2) is 0 Å². The second-order valence-corrected chi connectivity index (χ2v) is 7.59. The SMILES string of the molecule is O=C1c2c(O)cc(O)cc2O[C@H](c2ccc(O)cc2)[C@@H]1O[C@@H]1O[C@H](CO)[C@H](O)[C@H](O)[C@H]1O. The van der Waals surface area contributed by atoms with Gasteiger partial charge in [0, 0.05) is 12.1 Å².